The van der Waals surface area contributed by atoms with Crippen LogP contribution in [0.25, 0.3) is 21.5 Å². The van der Waals surface area contributed by atoms with E-state index in [4.69, 9.17) is 5.73 Å². The average Bonchev–Trinajstić information content (AvgIpc) is 2.94. The lowest BCUT2D eigenvalue weighted by atomic mass is 10.1. The Morgan fingerprint density at radius 1 is 0.578 bits per heavy atom. The summed E-state index contributed by atoms with van der Waals surface area (Å²) >= 11 is 0. The molecule has 15 nitrogen and oxygen atoms in total. The molecule has 0 aromatic heterocycles. The third-order valence-corrected chi connectivity index (χ3v) is 9.22. The van der Waals surface area contributed by atoms with Gasteiger partial charge in [0.2, 0.25) is 0 Å². The molecule has 5 aromatic carbocycles. The minimum Gasteiger partial charge on any atom is -0.505 e. The summed E-state index contributed by atoms with van der Waals surface area (Å²) in [4.78, 5) is -2.51. The highest BCUT2D eigenvalue weighted by Crippen LogP contribution is 2.44. The molecule has 0 unspecified atom stereocenters. The Hall–Kier alpha value is -4.85. The number of azo groups is 2. The molecule has 0 aliphatic heterocycles. The van der Waals surface area contributed by atoms with Crippen molar-refractivity contribution in [3.63, 3.8) is 0 Å². The van der Waals surface area contributed by atoms with Gasteiger partial charge in [-0.3, -0.25) is 13.7 Å². The Morgan fingerprint density at radius 3 is 1.71 bits per heavy atom. The first-order valence-electron chi connectivity index (χ1n) is 12.4. The van der Waals surface area contributed by atoms with Gasteiger partial charge in [-0.15, -0.1) is 15.3 Å². The van der Waals surface area contributed by atoms with Crippen molar-refractivity contribution in [1.82, 2.24) is 0 Å². The second kappa shape index (κ2) is 11.3. The van der Waals surface area contributed by atoms with Crippen LogP contribution in [0.4, 0.5) is 28.4 Å². The van der Waals surface area contributed by atoms with Crippen LogP contribution in [0.1, 0.15) is 5.56 Å². The van der Waals surface area contributed by atoms with Crippen molar-refractivity contribution in [2.45, 2.75) is 21.6 Å². The average molecular weight is 672 g/mol. The minimum absolute atomic E-state index is 0.0302. The lowest BCUT2D eigenvalue weighted by Gasteiger charge is -2.13. The first-order valence-corrected chi connectivity index (χ1v) is 16.7. The van der Waals surface area contributed by atoms with Crippen molar-refractivity contribution in [3.8, 4) is 5.75 Å². The predicted molar refractivity (Wildman–Crippen MR) is 163 cm³/mol. The number of hydrogen-bond acceptors (Lipinski definition) is 12. The minimum atomic E-state index is -5.11. The molecule has 0 amide bonds. The third kappa shape index (κ3) is 6.36. The van der Waals surface area contributed by atoms with E-state index in [1.165, 1.54) is 18.2 Å². The zero-order valence-electron chi connectivity index (χ0n) is 22.8. The van der Waals surface area contributed by atoms with Gasteiger partial charge in [0.05, 0.1) is 33.0 Å². The summed E-state index contributed by atoms with van der Waals surface area (Å²) in [6.07, 6.45) is 0. The van der Waals surface area contributed by atoms with Gasteiger partial charge in [0.25, 0.3) is 30.4 Å². The third-order valence-electron chi connectivity index (χ3n) is 6.59. The summed E-state index contributed by atoms with van der Waals surface area (Å²) in [5.74, 6) is -0.851. The molecule has 0 aliphatic rings. The Bertz CT molecular complexity index is 2430. The summed E-state index contributed by atoms with van der Waals surface area (Å²) in [5.41, 5.74) is 6.69. The quantitative estimate of drug-likeness (QED) is 0.0743. The van der Waals surface area contributed by atoms with Crippen LogP contribution in [-0.4, -0.2) is 44.0 Å². The molecular formula is C27H21N5O10S3. The van der Waals surface area contributed by atoms with Crippen LogP contribution in [-0.2, 0) is 30.4 Å². The molecule has 0 aliphatic carbocycles. The van der Waals surface area contributed by atoms with Crippen molar-refractivity contribution >= 4 is 80.3 Å². The molecule has 6 N–H and O–H groups in total. The van der Waals surface area contributed by atoms with E-state index < -0.39 is 61.9 Å². The normalized spacial score (nSPS) is 13.0. The van der Waals surface area contributed by atoms with Crippen LogP contribution >= 0.6 is 0 Å². The number of hydrogen-bond donors (Lipinski definition) is 5. The maximum Gasteiger partial charge on any atom is 0.296 e. The summed E-state index contributed by atoms with van der Waals surface area (Å²) < 4.78 is 100. The molecule has 232 valence electrons. The monoisotopic (exact) mass is 671 g/mol. The van der Waals surface area contributed by atoms with Gasteiger partial charge >= 0.3 is 0 Å². The smallest absolute Gasteiger partial charge is 0.296 e. The fourth-order valence-electron chi connectivity index (χ4n) is 4.43. The van der Waals surface area contributed by atoms with Gasteiger partial charge in [-0.2, -0.15) is 30.4 Å². The van der Waals surface area contributed by atoms with Gasteiger partial charge in [0.1, 0.15) is 15.5 Å². The maximum absolute atomic E-state index is 12.0. The maximum atomic E-state index is 12.0. The van der Waals surface area contributed by atoms with E-state index in [9.17, 15) is 44.0 Å². The van der Waals surface area contributed by atoms with E-state index in [1.807, 2.05) is 19.1 Å². The fourth-order valence-corrected chi connectivity index (χ4v) is 6.37. The molecule has 0 saturated heterocycles. The molecule has 0 fully saturated rings. The van der Waals surface area contributed by atoms with Gasteiger partial charge in [-0.25, -0.2) is 0 Å². The molecule has 0 radical (unpaired) electrons. The van der Waals surface area contributed by atoms with E-state index in [1.54, 1.807) is 12.1 Å². The Balaban J connectivity index is 1.68. The van der Waals surface area contributed by atoms with E-state index in [0.29, 0.717) is 22.8 Å². The van der Waals surface area contributed by atoms with Crippen molar-refractivity contribution < 1.29 is 44.0 Å². The number of benzene rings is 5. The van der Waals surface area contributed by atoms with Crippen LogP contribution in [0.15, 0.2) is 108 Å². The number of aryl methyl sites for hydroxylation is 1. The van der Waals surface area contributed by atoms with Crippen LogP contribution < -0.4 is 5.73 Å². The molecule has 0 bridgehead atoms. The first-order chi connectivity index (χ1) is 20.9. The Labute approximate surface area is 255 Å². The number of nitrogens with zero attached hydrogens (tertiary/aromatic N) is 4. The second-order valence-corrected chi connectivity index (χ2v) is 13.8. The molecule has 0 saturated carbocycles. The molecule has 0 atom stereocenters. The molecule has 45 heavy (non-hydrogen) atoms. The Morgan fingerprint density at radius 2 is 1.11 bits per heavy atom. The summed E-state index contributed by atoms with van der Waals surface area (Å²) in [6, 6.07) is 16.4. The van der Waals surface area contributed by atoms with Gasteiger partial charge in [-0.05, 0) is 55.5 Å². The highest BCUT2D eigenvalue weighted by molar-refractivity contribution is 7.87. The lowest BCUT2D eigenvalue weighted by Crippen LogP contribution is -2.08. The number of phenolic OH excluding ortho intramolecular Hbond substituents is 1. The molecule has 5 aromatic rings. The van der Waals surface area contributed by atoms with Crippen molar-refractivity contribution in [3.05, 3.63) is 78.4 Å². The van der Waals surface area contributed by atoms with Crippen molar-refractivity contribution in [2.24, 2.45) is 20.5 Å². The van der Waals surface area contributed by atoms with Crippen LogP contribution in [0, 0.1) is 6.92 Å². The van der Waals surface area contributed by atoms with E-state index in [-0.39, 0.29) is 22.1 Å². The van der Waals surface area contributed by atoms with Crippen LogP contribution in [0.5, 0.6) is 5.75 Å². The summed E-state index contributed by atoms with van der Waals surface area (Å²) in [7, 11) is -14.8. The van der Waals surface area contributed by atoms with Crippen LogP contribution in [0.2, 0.25) is 0 Å². The second-order valence-electron chi connectivity index (χ2n) is 9.61. The van der Waals surface area contributed by atoms with E-state index in [2.05, 4.69) is 20.5 Å². The molecule has 0 heterocycles. The zero-order valence-corrected chi connectivity index (χ0v) is 25.2. The van der Waals surface area contributed by atoms with Gasteiger partial charge in [-0.1, -0.05) is 29.8 Å². The first kappa shape index (κ1) is 31.6. The molecule has 18 heteroatoms. The van der Waals surface area contributed by atoms with E-state index >= 15 is 0 Å². The summed E-state index contributed by atoms with van der Waals surface area (Å²) in [5, 5.41) is 27.0. The number of nitrogen functional groups attached to an aromatic ring is 1. The predicted octanol–water partition coefficient (Wildman–Crippen LogP) is 6.16. The highest BCUT2D eigenvalue weighted by Gasteiger charge is 2.26. The number of rotatable bonds is 7. The fraction of sp³-hybridized carbons (Fsp3) is 0.0370. The van der Waals surface area contributed by atoms with Crippen LogP contribution in [0.3, 0.4) is 0 Å². The molecule has 0 spiro atoms. The zero-order chi connectivity index (χ0) is 32.9. The number of aromatic hydroxyl groups is 1. The summed E-state index contributed by atoms with van der Waals surface area (Å²) in [6.45, 7) is 1.91. The lowest BCUT2D eigenvalue weighted by molar-refractivity contribution is 0.478. The number of anilines is 1. The van der Waals surface area contributed by atoms with E-state index in [0.717, 1.165) is 29.8 Å². The molecular weight excluding hydrogens is 651 g/mol. The molecule has 5 rings (SSSR count). The SMILES string of the molecule is Cc1ccc(N=Nc2ccc(N=Nc3ccc4c(S(=O)(=O)O)cc(S(=O)(=O)O)c(N)c4c3O)c3cc(S(=O)(=O)O)ccc23)cc1. The van der Waals surface area contributed by atoms with Crippen molar-refractivity contribution in [2.75, 3.05) is 5.73 Å². The Kier molecular flexibility index (Phi) is 7.90. The number of phenols is 1. The topological polar surface area (TPSA) is 259 Å². The standard InChI is InChI=1S/C27H21N5O10S3/c1-14-2-4-15(5-3-14)29-30-20-10-11-21(19-12-16(43(34,35)36)6-7-17(19)20)31-32-22-9-8-18-23(44(37,38)39)13-24(45(40,41)42)26(28)25(18)27(22)33/h2-13,33H,28H2,1H3,(H,34,35,36)(H,37,38,39)(H,40,41,42). The van der Waals surface area contributed by atoms with Crippen molar-refractivity contribution in [1.29, 1.82) is 0 Å². The number of fused-ring (bicyclic) bond motifs is 2. The number of nitrogens with two attached hydrogens (primary N) is 1. The van der Waals surface area contributed by atoms with Gasteiger partial charge in [0.15, 0.2) is 5.75 Å². The largest absolute Gasteiger partial charge is 0.505 e. The van der Waals surface area contributed by atoms with Gasteiger partial charge in [0, 0.05) is 16.2 Å². The van der Waals surface area contributed by atoms with Gasteiger partial charge < -0.3 is 10.8 Å². The highest BCUT2D eigenvalue weighted by atomic mass is 32.2.